The average molecular weight is 573 g/mol. The molecule has 214 valence electrons. The van der Waals surface area contributed by atoms with Crippen LogP contribution in [0.5, 0.6) is 0 Å². The summed E-state index contributed by atoms with van der Waals surface area (Å²) in [5.74, 6) is -0.242. The zero-order valence-electron chi connectivity index (χ0n) is 23.6. The van der Waals surface area contributed by atoms with Crippen LogP contribution >= 0.6 is 11.8 Å². The van der Waals surface area contributed by atoms with Crippen molar-refractivity contribution in [2.24, 2.45) is 0 Å². The summed E-state index contributed by atoms with van der Waals surface area (Å²) in [6, 6.07) is 5.34. The molecule has 1 saturated heterocycles. The van der Waals surface area contributed by atoms with Crippen molar-refractivity contribution in [1.29, 1.82) is 0 Å². The minimum atomic E-state index is -0.665. The molecule has 0 aliphatic carbocycles. The molecule has 0 N–H and O–H groups in total. The van der Waals surface area contributed by atoms with Gasteiger partial charge < -0.3 is 19.3 Å². The Balaban J connectivity index is 1.65. The van der Waals surface area contributed by atoms with E-state index >= 15 is 4.39 Å². The first-order valence-corrected chi connectivity index (χ1v) is 14.3. The Morgan fingerprint density at radius 1 is 1.15 bits per heavy atom. The fourth-order valence-corrected chi connectivity index (χ4v) is 6.78. The summed E-state index contributed by atoms with van der Waals surface area (Å²) in [6.07, 6.45) is -0.627. The Morgan fingerprint density at radius 3 is 2.55 bits per heavy atom. The quantitative estimate of drug-likeness (QED) is 0.426. The maximum Gasteiger partial charge on any atom is 0.410 e. The maximum atomic E-state index is 15.1. The average Bonchev–Trinajstić information content (AvgIpc) is 3.07. The number of nitrogens with zero attached hydrogens (tertiary/aromatic N) is 4. The van der Waals surface area contributed by atoms with Crippen LogP contribution in [0.3, 0.4) is 0 Å². The Bertz CT molecular complexity index is 1540. The van der Waals surface area contributed by atoms with E-state index in [1.165, 1.54) is 23.9 Å². The molecule has 0 radical (unpaired) electrons. The second kappa shape index (κ2) is 10.7. The van der Waals surface area contributed by atoms with Crippen molar-refractivity contribution in [1.82, 2.24) is 14.5 Å². The summed E-state index contributed by atoms with van der Waals surface area (Å²) in [5, 5.41) is 0.764. The number of piperazine rings is 1. The minimum Gasteiger partial charge on any atom is -0.444 e. The number of benzene rings is 2. The Hall–Kier alpha value is -3.18. The highest BCUT2D eigenvalue weighted by atomic mass is 32.2. The maximum absolute atomic E-state index is 15.1. The number of amides is 1. The highest BCUT2D eigenvalue weighted by Crippen LogP contribution is 2.44. The number of halogens is 2. The highest BCUT2D eigenvalue weighted by molar-refractivity contribution is 7.99. The lowest BCUT2D eigenvalue weighted by Gasteiger charge is -2.41. The third kappa shape index (κ3) is 5.28. The van der Waals surface area contributed by atoms with Gasteiger partial charge in [0.25, 0.3) is 0 Å². The van der Waals surface area contributed by atoms with Crippen LogP contribution in [0.15, 0.2) is 34.0 Å². The van der Waals surface area contributed by atoms with Crippen molar-refractivity contribution in [3.63, 3.8) is 0 Å². The van der Waals surface area contributed by atoms with E-state index < -0.39 is 22.9 Å². The number of hydrogen-bond acceptors (Lipinski definition) is 7. The first-order chi connectivity index (χ1) is 18.9. The molecule has 40 heavy (non-hydrogen) atoms. The Morgan fingerprint density at radius 2 is 1.90 bits per heavy atom. The zero-order valence-corrected chi connectivity index (χ0v) is 24.4. The number of ether oxygens (including phenoxy) is 2. The molecule has 11 heteroatoms. The van der Waals surface area contributed by atoms with E-state index in [-0.39, 0.29) is 23.8 Å². The van der Waals surface area contributed by atoms with Crippen molar-refractivity contribution in [3.8, 4) is 11.1 Å². The number of aryl methyl sites for hydroxylation is 1. The van der Waals surface area contributed by atoms with Crippen molar-refractivity contribution < 1.29 is 23.0 Å². The summed E-state index contributed by atoms with van der Waals surface area (Å²) < 4.78 is 41.7. The number of methoxy groups -OCH3 is 1. The molecule has 2 aromatic carbocycles. The third-order valence-electron chi connectivity index (χ3n) is 7.28. The summed E-state index contributed by atoms with van der Waals surface area (Å²) in [4.78, 5) is 35.3. The van der Waals surface area contributed by atoms with Gasteiger partial charge in [-0.3, -0.25) is 4.57 Å². The SMILES string of the molecule is CO[C@H]1CSc2c(-c3ccc(F)cc3F)c(C)cc3c(N4CCN(C(=O)OC(C)(C)C)C[C@@H]4C)nc(=O)n(c23)C1. The van der Waals surface area contributed by atoms with Gasteiger partial charge in [0, 0.05) is 66.0 Å². The molecular weight excluding hydrogens is 538 g/mol. The molecule has 1 amide bonds. The molecule has 2 atom stereocenters. The summed E-state index contributed by atoms with van der Waals surface area (Å²) in [5.41, 5.74) is 1.31. The summed E-state index contributed by atoms with van der Waals surface area (Å²) >= 11 is 1.50. The molecule has 0 spiro atoms. The molecule has 8 nitrogen and oxygen atoms in total. The van der Waals surface area contributed by atoms with Crippen molar-refractivity contribution in [2.45, 2.75) is 63.8 Å². The molecule has 0 unspecified atom stereocenters. The van der Waals surface area contributed by atoms with E-state index in [4.69, 9.17) is 9.47 Å². The Labute approximate surface area is 236 Å². The number of aromatic nitrogens is 2. The van der Waals surface area contributed by atoms with E-state index in [1.54, 1.807) is 16.6 Å². The van der Waals surface area contributed by atoms with Gasteiger partial charge >= 0.3 is 11.8 Å². The smallest absolute Gasteiger partial charge is 0.410 e. The number of carbonyl (C=O) groups is 1. The van der Waals surface area contributed by atoms with Gasteiger partial charge in [-0.1, -0.05) is 0 Å². The third-order valence-corrected chi connectivity index (χ3v) is 8.51. The molecule has 1 fully saturated rings. The van der Waals surface area contributed by atoms with Crippen LogP contribution in [0.4, 0.5) is 19.4 Å². The molecule has 0 saturated carbocycles. The first kappa shape index (κ1) is 28.4. The fraction of sp³-hybridized carbons (Fsp3) is 0.483. The monoisotopic (exact) mass is 572 g/mol. The molecule has 5 rings (SSSR count). The number of hydrogen-bond donors (Lipinski definition) is 0. The van der Waals surface area contributed by atoms with Gasteiger partial charge in [-0.15, -0.1) is 11.8 Å². The van der Waals surface area contributed by atoms with Gasteiger partial charge in [0.05, 0.1) is 18.2 Å². The molecular formula is C29H34F2N4O4S. The number of carbonyl (C=O) groups excluding carboxylic acids is 1. The summed E-state index contributed by atoms with van der Waals surface area (Å²) in [7, 11) is 1.60. The normalized spacial score (nSPS) is 19.6. The van der Waals surface area contributed by atoms with Crippen LogP contribution < -0.4 is 10.6 Å². The molecule has 1 aromatic heterocycles. The van der Waals surface area contributed by atoms with Gasteiger partial charge in [-0.2, -0.15) is 4.98 Å². The molecule has 2 aliphatic rings. The lowest BCUT2D eigenvalue weighted by atomic mass is 9.97. The van der Waals surface area contributed by atoms with Crippen LogP contribution in [-0.4, -0.2) is 70.8 Å². The van der Waals surface area contributed by atoms with Gasteiger partial charge in [0.2, 0.25) is 0 Å². The Kier molecular flexibility index (Phi) is 7.56. The number of rotatable bonds is 3. The lowest BCUT2D eigenvalue weighted by Crippen LogP contribution is -2.55. The molecule has 3 aromatic rings. The largest absolute Gasteiger partial charge is 0.444 e. The minimum absolute atomic E-state index is 0.144. The first-order valence-electron chi connectivity index (χ1n) is 13.3. The second-order valence-corrected chi connectivity index (χ2v) is 12.4. The second-order valence-electron chi connectivity index (χ2n) is 11.4. The van der Waals surface area contributed by atoms with E-state index in [9.17, 15) is 14.0 Å². The predicted octanol–water partition coefficient (Wildman–Crippen LogP) is 5.22. The highest BCUT2D eigenvalue weighted by Gasteiger charge is 2.33. The van der Waals surface area contributed by atoms with Gasteiger partial charge in [-0.25, -0.2) is 18.4 Å². The number of thioether (sulfide) groups is 1. The molecule has 2 aliphatic heterocycles. The van der Waals surface area contributed by atoms with Crippen molar-refractivity contribution in [3.05, 3.63) is 51.9 Å². The van der Waals surface area contributed by atoms with E-state index in [0.29, 0.717) is 48.8 Å². The molecule has 3 heterocycles. The molecule has 0 bridgehead atoms. The fourth-order valence-electron chi connectivity index (χ4n) is 5.42. The van der Waals surface area contributed by atoms with E-state index in [2.05, 4.69) is 4.98 Å². The van der Waals surface area contributed by atoms with Crippen LogP contribution in [0.2, 0.25) is 0 Å². The van der Waals surface area contributed by atoms with Gasteiger partial charge in [0.15, 0.2) is 0 Å². The van der Waals surface area contributed by atoms with Gasteiger partial charge in [0.1, 0.15) is 23.1 Å². The van der Waals surface area contributed by atoms with Crippen LogP contribution in [-0.2, 0) is 16.0 Å². The van der Waals surface area contributed by atoms with E-state index in [1.807, 2.05) is 45.6 Å². The lowest BCUT2D eigenvalue weighted by molar-refractivity contribution is 0.0218. The van der Waals surface area contributed by atoms with Crippen LogP contribution in [0.25, 0.3) is 22.0 Å². The summed E-state index contributed by atoms with van der Waals surface area (Å²) in [6.45, 7) is 11.0. The predicted molar refractivity (Wildman–Crippen MR) is 152 cm³/mol. The van der Waals surface area contributed by atoms with E-state index in [0.717, 1.165) is 21.9 Å². The topological polar surface area (TPSA) is 76.9 Å². The van der Waals surface area contributed by atoms with Crippen LogP contribution in [0.1, 0.15) is 33.3 Å². The zero-order chi connectivity index (χ0) is 28.9. The van der Waals surface area contributed by atoms with Crippen molar-refractivity contribution >= 4 is 34.6 Å². The number of anilines is 1. The standard InChI is InChI=1S/C29H34F2N4O4S/c1-16-11-21-24-25(23(16)20-8-7-18(30)12-22(20)31)40-15-19(38-6)14-35(24)27(36)32-26(21)34-10-9-33(13-17(34)2)28(37)39-29(3,4)5/h7-8,11-12,17,19H,9-10,13-15H2,1-6H3/t17-,19+/m0/s1. The van der Waals surface area contributed by atoms with Crippen LogP contribution in [0, 0.1) is 18.6 Å². The van der Waals surface area contributed by atoms with Crippen molar-refractivity contribution in [2.75, 3.05) is 37.4 Å². The van der Waals surface area contributed by atoms with Gasteiger partial charge in [-0.05, 0) is 58.4 Å².